The first kappa shape index (κ1) is 10.3. The molecule has 0 bridgehead atoms. The quantitative estimate of drug-likeness (QED) is 0.626. The van der Waals surface area contributed by atoms with Gasteiger partial charge in [-0.2, -0.15) is 0 Å². The Labute approximate surface area is 85.2 Å². The molecule has 0 aromatic heterocycles. The minimum absolute atomic E-state index is 0.0980. The first-order valence-electron chi connectivity index (χ1n) is 4.48. The van der Waals surface area contributed by atoms with Gasteiger partial charge < -0.3 is 0 Å². The summed E-state index contributed by atoms with van der Waals surface area (Å²) in [6, 6.07) is 6.48. The van der Waals surface area contributed by atoms with E-state index in [4.69, 9.17) is 11.6 Å². The minimum atomic E-state index is 0.0980. The molecule has 0 amide bonds. The predicted octanol–water partition coefficient (Wildman–Crippen LogP) is 3.94. The van der Waals surface area contributed by atoms with Crippen LogP contribution in [-0.2, 0) is 0 Å². The van der Waals surface area contributed by atoms with Gasteiger partial charge in [-0.05, 0) is 26.3 Å². The first-order valence-corrected chi connectivity index (χ1v) is 4.92. The van der Waals surface area contributed by atoms with Gasteiger partial charge in [0.15, 0.2) is 0 Å². The lowest BCUT2D eigenvalue weighted by Crippen LogP contribution is -1.83. The van der Waals surface area contributed by atoms with Gasteiger partial charge in [-0.3, -0.25) is 0 Å². The van der Waals surface area contributed by atoms with Crippen molar-refractivity contribution in [3.05, 3.63) is 41.0 Å². The third-order valence-corrected chi connectivity index (χ3v) is 1.94. The molecule has 0 nitrogen and oxygen atoms in total. The van der Waals surface area contributed by atoms with Gasteiger partial charge in [0, 0.05) is 5.38 Å². The third kappa shape index (κ3) is 3.65. The fourth-order valence-electron chi connectivity index (χ4n) is 1.35. The lowest BCUT2D eigenvalue weighted by Gasteiger charge is -2.00. The summed E-state index contributed by atoms with van der Waals surface area (Å²) in [5.74, 6) is 0. The van der Waals surface area contributed by atoms with Crippen molar-refractivity contribution in [3.8, 4) is 0 Å². The highest BCUT2D eigenvalue weighted by molar-refractivity contribution is 6.21. The van der Waals surface area contributed by atoms with Crippen LogP contribution in [0.4, 0.5) is 0 Å². The number of halogens is 1. The van der Waals surface area contributed by atoms with E-state index in [-0.39, 0.29) is 5.38 Å². The van der Waals surface area contributed by atoms with Gasteiger partial charge >= 0.3 is 0 Å². The van der Waals surface area contributed by atoms with Gasteiger partial charge in [0.05, 0.1) is 0 Å². The molecule has 1 rings (SSSR count). The fourth-order valence-corrected chi connectivity index (χ4v) is 1.42. The van der Waals surface area contributed by atoms with E-state index in [0.29, 0.717) is 0 Å². The predicted molar refractivity (Wildman–Crippen MR) is 60.3 cm³/mol. The van der Waals surface area contributed by atoms with Crippen LogP contribution in [0, 0.1) is 13.8 Å². The molecule has 0 aliphatic rings. The number of allylic oxidation sites excluding steroid dienone is 1. The van der Waals surface area contributed by atoms with Crippen molar-refractivity contribution in [2.24, 2.45) is 0 Å². The number of hydrogen-bond donors (Lipinski definition) is 0. The number of hydrogen-bond acceptors (Lipinski definition) is 0. The fraction of sp³-hybridized carbons (Fsp3) is 0.333. The molecule has 0 aliphatic heterocycles. The topological polar surface area (TPSA) is 0 Å². The molecule has 0 saturated carbocycles. The zero-order chi connectivity index (χ0) is 9.84. The lowest BCUT2D eigenvalue weighted by atomic mass is 10.1. The van der Waals surface area contributed by atoms with Crippen LogP contribution >= 0.6 is 11.6 Å². The molecule has 1 atom stereocenters. The molecule has 0 aliphatic carbocycles. The average molecular weight is 195 g/mol. The summed E-state index contributed by atoms with van der Waals surface area (Å²) in [7, 11) is 0. The Kier molecular flexibility index (Phi) is 3.56. The molecule has 0 fully saturated rings. The van der Waals surface area contributed by atoms with E-state index in [2.05, 4.69) is 38.1 Å². The average Bonchev–Trinajstić information content (AvgIpc) is 1.99. The molecule has 0 saturated heterocycles. The number of aryl methyl sites for hydroxylation is 2. The van der Waals surface area contributed by atoms with Gasteiger partial charge in [0.25, 0.3) is 0 Å². The van der Waals surface area contributed by atoms with Crippen LogP contribution in [-0.4, -0.2) is 5.38 Å². The van der Waals surface area contributed by atoms with Crippen LogP contribution in [0.25, 0.3) is 6.08 Å². The van der Waals surface area contributed by atoms with E-state index in [1.165, 1.54) is 16.7 Å². The maximum atomic E-state index is 5.82. The molecule has 1 unspecified atom stereocenters. The van der Waals surface area contributed by atoms with E-state index in [0.717, 1.165) is 0 Å². The maximum Gasteiger partial charge on any atom is 0.0491 e. The van der Waals surface area contributed by atoms with Gasteiger partial charge in [0.2, 0.25) is 0 Å². The standard InChI is InChI=1S/C12H15Cl/c1-9-6-10(2)8-12(7-9)5-4-11(3)13/h4-8,11H,1-3H3/b5-4+. The van der Waals surface area contributed by atoms with Crippen molar-refractivity contribution in [2.75, 3.05) is 0 Å². The van der Waals surface area contributed by atoms with Crippen molar-refractivity contribution in [1.29, 1.82) is 0 Å². The van der Waals surface area contributed by atoms with Crippen LogP contribution in [0.1, 0.15) is 23.6 Å². The van der Waals surface area contributed by atoms with Crippen LogP contribution in [0.2, 0.25) is 0 Å². The third-order valence-electron chi connectivity index (χ3n) is 1.80. The van der Waals surface area contributed by atoms with E-state index in [1.807, 2.05) is 13.0 Å². The van der Waals surface area contributed by atoms with E-state index >= 15 is 0 Å². The largest absolute Gasteiger partial charge is 0.119 e. The highest BCUT2D eigenvalue weighted by atomic mass is 35.5. The van der Waals surface area contributed by atoms with Gasteiger partial charge in [0.1, 0.15) is 0 Å². The SMILES string of the molecule is Cc1cc(C)cc(/C=C/C(C)Cl)c1. The molecular formula is C12H15Cl. The van der Waals surface area contributed by atoms with Gasteiger partial charge in [-0.1, -0.05) is 41.5 Å². The Bertz CT molecular complexity index is 291. The van der Waals surface area contributed by atoms with Crippen LogP contribution in [0.15, 0.2) is 24.3 Å². The van der Waals surface area contributed by atoms with Crippen molar-refractivity contribution >= 4 is 17.7 Å². The second-order valence-electron chi connectivity index (χ2n) is 3.46. The summed E-state index contributed by atoms with van der Waals surface area (Å²) in [5.41, 5.74) is 3.81. The zero-order valence-electron chi connectivity index (χ0n) is 8.34. The number of benzene rings is 1. The molecule has 0 spiro atoms. The van der Waals surface area contributed by atoms with E-state index in [1.54, 1.807) is 0 Å². The van der Waals surface area contributed by atoms with Crippen molar-refractivity contribution in [3.63, 3.8) is 0 Å². The molecule has 1 aromatic rings. The lowest BCUT2D eigenvalue weighted by molar-refractivity contribution is 1.24. The summed E-state index contributed by atoms with van der Waals surface area (Å²) in [4.78, 5) is 0. The molecule has 0 N–H and O–H groups in total. The van der Waals surface area contributed by atoms with Crippen LogP contribution in [0.5, 0.6) is 0 Å². The van der Waals surface area contributed by atoms with E-state index < -0.39 is 0 Å². The summed E-state index contributed by atoms with van der Waals surface area (Å²) >= 11 is 5.82. The molecule has 0 radical (unpaired) electrons. The Hall–Kier alpha value is -0.750. The van der Waals surface area contributed by atoms with Crippen molar-refractivity contribution in [1.82, 2.24) is 0 Å². The zero-order valence-corrected chi connectivity index (χ0v) is 9.10. The molecule has 70 valence electrons. The number of alkyl halides is 1. The minimum Gasteiger partial charge on any atom is -0.119 e. The second-order valence-corrected chi connectivity index (χ2v) is 4.15. The van der Waals surface area contributed by atoms with Gasteiger partial charge in [-0.25, -0.2) is 0 Å². The Morgan fingerprint density at radius 1 is 1.15 bits per heavy atom. The molecular weight excluding hydrogens is 180 g/mol. The Morgan fingerprint density at radius 2 is 1.69 bits per heavy atom. The molecule has 1 aromatic carbocycles. The second kappa shape index (κ2) is 4.48. The van der Waals surface area contributed by atoms with E-state index in [9.17, 15) is 0 Å². The van der Waals surface area contributed by atoms with Crippen LogP contribution < -0.4 is 0 Å². The molecule has 0 heterocycles. The van der Waals surface area contributed by atoms with Gasteiger partial charge in [-0.15, -0.1) is 11.6 Å². The monoisotopic (exact) mass is 194 g/mol. The summed E-state index contributed by atoms with van der Waals surface area (Å²) < 4.78 is 0. The highest BCUT2D eigenvalue weighted by Gasteiger charge is 1.92. The Morgan fingerprint density at radius 3 is 2.15 bits per heavy atom. The maximum absolute atomic E-state index is 5.82. The first-order chi connectivity index (χ1) is 6.08. The van der Waals surface area contributed by atoms with Crippen LogP contribution in [0.3, 0.4) is 0 Å². The highest BCUT2D eigenvalue weighted by Crippen LogP contribution is 2.11. The summed E-state index contributed by atoms with van der Waals surface area (Å²) in [5, 5.41) is 0.0980. The molecule has 1 heteroatoms. The summed E-state index contributed by atoms with van der Waals surface area (Å²) in [6.45, 7) is 6.17. The smallest absolute Gasteiger partial charge is 0.0491 e. The number of rotatable bonds is 2. The summed E-state index contributed by atoms with van der Waals surface area (Å²) in [6.07, 6.45) is 4.06. The Balaban J connectivity index is 2.89. The molecule has 13 heavy (non-hydrogen) atoms. The normalized spacial score (nSPS) is 13.5. The van der Waals surface area contributed by atoms with Crippen molar-refractivity contribution < 1.29 is 0 Å². The van der Waals surface area contributed by atoms with Crippen molar-refractivity contribution in [2.45, 2.75) is 26.1 Å².